The van der Waals surface area contributed by atoms with Gasteiger partial charge in [0.05, 0.1) is 22.4 Å². The van der Waals surface area contributed by atoms with Crippen molar-refractivity contribution in [2.75, 3.05) is 13.1 Å². The predicted molar refractivity (Wildman–Crippen MR) is 70.2 cm³/mol. The second kappa shape index (κ2) is 4.42. The third-order valence-electron chi connectivity index (χ3n) is 3.64. The fraction of sp³-hybridized carbons (Fsp3) is 0.333. The van der Waals surface area contributed by atoms with E-state index >= 15 is 0 Å². The molecule has 3 rings (SSSR count). The van der Waals surface area contributed by atoms with E-state index in [-0.39, 0.29) is 36.3 Å². The van der Waals surface area contributed by atoms with E-state index in [0.29, 0.717) is 0 Å². The van der Waals surface area contributed by atoms with Crippen molar-refractivity contribution >= 4 is 22.8 Å². The molecule has 9 heteroatoms. The number of carboxylic acid groups (broad SMARTS) is 1. The third kappa shape index (κ3) is 1.98. The first-order valence-corrected chi connectivity index (χ1v) is 6.16. The molecule has 21 heavy (non-hydrogen) atoms. The fourth-order valence-electron chi connectivity index (χ4n) is 2.62. The number of carbonyl (C=O) groups is 1. The van der Waals surface area contributed by atoms with Crippen molar-refractivity contribution in [3.8, 4) is 0 Å². The summed E-state index contributed by atoms with van der Waals surface area (Å²) in [5, 5.41) is 22.8. The quantitative estimate of drug-likeness (QED) is 0.611. The van der Waals surface area contributed by atoms with Crippen LogP contribution in [0.3, 0.4) is 0 Å². The van der Waals surface area contributed by atoms with Crippen LogP contribution in [0.15, 0.2) is 27.4 Å². The van der Waals surface area contributed by atoms with E-state index in [4.69, 9.17) is 9.52 Å². The molecule has 0 atom stereocenters. The van der Waals surface area contributed by atoms with Crippen molar-refractivity contribution in [2.45, 2.75) is 12.0 Å². The number of rotatable bonds is 4. The minimum atomic E-state index is -1.05. The van der Waals surface area contributed by atoms with Crippen LogP contribution in [-0.4, -0.2) is 33.7 Å². The van der Waals surface area contributed by atoms with Crippen molar-refractivity contribution < 1.29 is 19.2 Å². The van der Waals surface area contributed by atoms with E-state index < -0.39 is 22.2 Å². The smallest absolute Gasteiger partial charge is 0.420 e. The van der Waals surface area contributed by atoms with E-state index in [1.165, 1.54) is 22.8 Å². The molecule has 1 aromatic carbocycles. The highest BCUT2D eigenvalue weighted by molar-refractivity contribution is 5.77. The van der Waals surface area contributed by atoms with Gasteiger partial charge in [-0.2, -0.15) is 0 Å². The molecule has 0 unspecified atom stereocenters. The summed E-state index contributed by atoms with van der Waals surface area (Å²) in [5.74, 6) is -1.77. The van der Waals surface area contributed by atoms with Crippen LogP contribution in [0.5, 0.6) is 0 Å². The number of carboxylic acids is 1. The molecule has 1 saturated heterocycles. The van der Waals surface area contributed by atoms with Gasteiger partial charge in [-0.1, -0.05) is 0 Å². The number of nitrogens with one attached hydrogen (secondary N) is 1. The molecule has 0 aliphatic carbocycles. The fourth-order valence-corrected chi connectivity index (χ4v) is 2.62. The van der Waals surface area contributed by atoms with Gasteiger partial charge in [0.15, 0.2) is 5.58 Å². The second-order valence-electron chi connectivity index (χ2n) is 5.01. The first-order valence-electron chi connectivity index (χ1n) is 6.16. The Labute approximate surface area is 116 Å². The minimum Gasteiger partial charge on any atom is -0.481 e. The zero-order valence-corrected chi connectivity index (χ0v) is 10.7. The van der Waals surface area contributed by atoms with Gasteiger partial charge in [-0.3, -0.25) is 19.5 Å². The number of fused-ring (bicyclic) bond motifs is 1. The van der Waals surface area contributed by atoms with Gasteiger partial charge >= 0.3 is 11.7 Å². The maximum atomic E-state index is 12.0. The van der Waals surface area contributed by atoms with Crippen molar-refractivity contribution in [3.63, 3.8) is 0 Å². The lowest BCUT2D eigenvalue weighted by molar-refractivity contribution is -0.384. The van der Waals surface area contributed by atoms with Gasteiger partial charge in [-0.25, -0.2) is 4.79 Å². The molecule has 0 bridgehead atoms. The largest absolute Gasteiger partial charge is 0.481 e. The van der Waals surface area contributed by atoms with Crippen molar-refractivity contribution in [1.29, 1.82) is 0 Å². The average molecular weight is 293 g/mol. The summed E-state index contributed by atoms with van der Waals surface area (Å²) in [6.45, 7) is 0.576. The van der Waals surface area contributed by atoms with E-state index in [2.05, 4.69) is 5.32 Å². The minimum absolute atomic E-state index is 0.185. The Morgan fingerprint density at radius 2 is 2.24 bits per heavy atom. The molecule has 2 aromatic rings. The van der Waals surface area contributed by atoms with Crippen LogP contribution in [0.2, 0.25) is 0 Å². The summed E-state index contributed by atoms with van der Waals surface area (Å²) >= 11 is 0. The first kappa shape index (κ1) is 13.3. The molecule has 0 radical (unpaired) electrons. The topological polar surface area (TPSA) is 128 Å². The molecule has 110 valence electrons. The van der Waals surface area contributed by atoms with Gasteiger partial charge in [0.2, 0.25) is 0 Å². The van der Waals surface area contributed by atoms with Crippen LogP contribution in [0.25, 0.3) is 11.1 Å². The van der Waals surface area contributed by atoms with Gasteiger partial charge in [0.25, 0.3) is 5.69 Å². The lowest BCUT2D eigenvalue weighted by Gasteiger charge is -2.41. The molecule has 0 amide bonds. The number of nitro groups is 1. The maximum absolute atomic E-state index is 12.0. The van der Waals surface area contributed by atoms with Crippen molar-refractivity contribution in [2.24, 2.45) is 0 Å². The highest BCUT2D eigenvalue weighted by atomic mass is 16.6. The lowest BCUT2D eigenvalue weighted by Crippen LogP contribution is -2.63. The van der Waals surface area contributed by atoms with Crippen LogP contribution in [0, 0.1) is 10.1 Å². The molecule has 0 saturated carbocycles. The molecule has 0 spiro atoms. The number of hydrogen-bond donors (Lipinski definition) is 2. The SMILES string of the molecule is O=C(O)CC1(n2c(=O)oc3ccc([N+](=O)[O-])cc32)CNC1. The first-order chi connectivity index (χ1) is 9.93. The molecule has 1 aliphatic rings. The van der Waals surface area contributed by atoms with Crippen LogP contribution in [-0.2, 0) is 10.3 Å². The number of nitrogens with zero attached hydrogens (tertiary/aromatic N) is 2. The van der Waals surface area contributed by atoms with E-state index in [1.54, 1.807) is 0 Å². The van der Waals surface area contributed by atoms with E-state index in [1.807, 2.05) is 0 Å². The molecular weight excluding hydrogens is 282 g/mol. The zero-order chi connectivity index (χ0) is 15.2. The highest BCUT2D eigenvalue weighted by Crippen LogP contribution is 2.30. The summed E-state index contributed by atoms with van der Waals surface area (Å²) in [7, 11) is 0. The molecular formula is C12H11N3O6. The second-order valence-corrected chi connectivity index (χ2v) is 5.01. The van der Waals surface area contributed by atoms with Gasteiger partial charge in [0.1, 0.15) is 0 Å². The Hall–Kier alpha value is -2.68. The van der Waals surface area contributed by atoms with Gasteiger partial charge in [-0.05, 0) is 6.07 Å². The number of benzene rings is 1. The normalized spacial score (nSPS) is 16.6. The Morgan fingerprint density at radius 3 is 2.76 bits per heavy atom. The number of oxazole rings is 1. The number of nitro benzene ring substituents is 1. The summed E-state index contributed by atoms with van der Waals surface area (Å²) in [6, 6.07) is 3.80. The molecule has 1 aromatic heterocycles. The standard InChI is InChI=1S/C12H11N3O6/c16-10(17)4-12(5-13-6-12)14-8-3-7(15(19)20)1-2-9(8)21-11(14)18/h1-3,13H,4-6H2,(H,16,17). The van der Waals surface area contributed by atoms with Crippen LogP contribution < -0.4 is 11.1 Å². The van der Waals surface area contributed by atoms with Crippen molar-refractivity contribution in [1.82, 2.24) is 9.88 Å². The van der Waals surface area contributed by atoms with Crippen LogP contribution in [0.4, 0.5) is 5.69 Å². The molecule has 9 nitrogen and oxygen atoms in total. The summed E-state index contributed by atoms with van der Waals surface area (Å²) < 4.78 is 6.27. The molecule has 1 aliphatic heterocycles. The monoisotopic (exact) mass is 293 g/mol. The third-order valence-corrected chi connectivity index (χ3v) is 3.64. The van der Waals surface area contributed by atoms with E-state index in [9.17, 15) is 19.7 Å². The van der Waals surface area contributed by atoms with Crippen LogP contribution in [0.1, 0.15) is 6.42 Å². The summed E-state index contributed by atoms with van der Waals surface area (Å²) in [5.41, 5.74) is -0.711. The highest BCUT2D eigenvalue weighted by Gasteiger charge is 2.44. The van der Waals surface area contributed by atoms with E-state index in [0.717, 1.165) is 0 Å². The molecule has 2 N–H and O–H groups in total. The Balaban J connectivity index is 2.23. The Bertz CT molecular complexity index is 801. The molecule has 2 heterocycles. The average Bonchev–Trinajstić information content (AvgIpc) is 2.69. The number of hydrogen-bond acceptors (Lipinski definition) is 6. The van der Waals surface area contributed by atoms with Crippen molar-refractivity contribution in [3.05, 3.63) is 38.9 Å². The zero-order valence-electron chi connectivity index (χ0n) is 10.7. The van der Waals surface area contributed by atoms with Crippen LogP contribution >= 0.6 is 0 Å². The number of aliphatic carboxylic acids is 1. The predicted octanol–water partition coefficient (Wildman–Crippen LogP) is 0.276. The van der Waals surface area contributed by atoms with Gasteiger partial charge in [0, 0.05) is 25.2 Å². The Kier molecular flexibility index (Phi) is 2.80. The number of non-ortho nitro benzene ring substituents is 1. The summed E-state index contributed by atoms with van der Waals surface area (Å²) in [4.78, 5) is 33.4. The maximum Gasteiger partial charge on any atom is 0.420 e. The Morgan fingerprint density at radius 1 is 1.52 bits per heavy atom. The lowest BCUT2D eigenvalue weighted by atomic mass is 9.88. The van der Waals surface area contributed by atoms with Gasteiger partial charge in [-0.15, -0.1) is 0 Å². The summed E-state index contributed by atoms with van der Waals surface area (Å²) in [6.07, 6.45) is -0.267. The number of aromatic nitrogens is 1. The molecule has 1 fully saturated rings. The van der Waals surface area contributed by atoms with Gasteiger partial charge < -0.3 is 14.8 Å².